The molecule has 0 fully saturated rings. The molecule has 3 rings (SSSR count). The number of primary sulfonamides is 1. The highest BCUT2D eigenvalue weighted by Crippen LogP contribution is 2.32. The minimum atomic E-state index is -4.10. The molecule has 4 nitrogen and oxygen atoms in total. The summed E-state index contributed by atoms with van der Waals surface area (Å²) in [6.07, 6.45) is 1.60. The van der Waals surface area contributed by atoms with Crippen molar-refractivity contribution in [1.82, 2.24) is 4.98 Å². The van der Waals surface area contributed by atoms with Crippen molar-refractivity contribution in [2.24, 2.45) is 5.14 Å². The van der Waals surface area contributed by atoms with Crippen molar-refractivity contribution >= 4 is 26.0 Å². The van der Waals surface area contributed by atoms with E-state index in [0.29, 0.717) is 11.3 Å². The molecular formula is C17H12BrFN2O2S. The highest BCUT2D eigenvalue weighted by Gasteiger charge is 2.17. The number of aromatic nitrogens is 1. The molecule has 24 heavy (non-hydrogen) atoms. The van der Waals surface area contributed by atoms with E-state index in [1.54, 1.807) is 12.3 Å². The van der Waals surface area contributed by atoms with E-state index in [2.05, 4.69) is 20.9 Å². The molecule has 3 aromatic rings. The van der Waals surface area contributed by atoms with E-state index in [9.17, 15) is 12.8 Å². The quantitative estimate of drug-likeness (QED) is 0.714. The summed E-state index contributed by atoms with van der Waals surface area (Å²) in [5.41, 5.74) is 2.73. The molecule has 0 aliphatic heterocycles. The highest BCUT2D eigenvalue weighted by atomic mass is 79.9. The molecule has 7 heteroatoms. The number of halogens is 2. The number of hydrogen-bond donors (Lipinski definition) is 1. The van der Waals surface area contributed by atoms with Gasteiger partial charge in [-0.15, -0.1) is 0 Å². The molecule has 2 N–H and O–H groups in total. The van der Waals surface area contributed by atoms with E-state index < -0.39 is 20.7 Å². The third-order valence-corrected chi connectivity index (χ3v) is 4.89. The van der Waals surface area contributed by atoms with Crippen LogP contribution in [-0.4, -0.2) is 13.4 Å². The van der Waals surface area contributed by atoms with Gasteiger partial charge in [0.15, 0.2) is 0 Å². The molecule has 0 saturated heterocycles. The van der Waals surface area contributed by atoms with Crippen LogP contribution in [0.1, 0.15) is 0 Å². The first kappa shape index (κ1) is 16.8. The van der Waals surface area contributed by atoms with Gasteiger partial charge in [0.2, 0.25) is 10.0 Å². The standard InChI is InChI=1S/C17H12BrFN2O2S/c18-13-4-1-3-11(9-13)14-5-2-8-21-17(14)12-6-7-16(15(19)10-12)24(20,22)23/h1-10H,(H2,20,22,23). The fourth-order valence-electron chi connectivity index (χ4n) is 2.40. The van der Waals surface area contributed by atoms with Crippen LogP contribution in [0.3, 0.4) is 0 Å². The van der Waals surface area contributed by atoms with Crippen molar-refractivity contribution in [3.63, 3.8) is 0 Å². The Hall–Kier alpha value is -2.09. The summed E-state index contributed by atoms with van der Waals surface area (Å²) < 4.78 is 37.7. The van der Waals surface area contributed by atoms with Crippen molar-refractivity contribution in [2.75, 3.05) is 0 Å². The summed E-state index contributed by atoms with van der Waals surface area (Å²) in [6, 6.07) is 15.1. The first-order valence-electron chi connectivity index (χ1n) is 6.90. The monoisotopic (exact) mass is 406 g/mol. The van der Waals surface area contributed by atoms with Gasteiger partial charge in [0.25, 0.3) is 0 Å². The molecule has 1 aromatic heterocycles. The molecule has 0 aliphatic carbocycles. The maximum Gasteiger partial charge on any atom is 0.240 e. The second kappa shape index (κ2) is 6.43. The number of pyridine rings is 1. The molecular weight excluding hydrogens is 395 g/mol. The smallest absolute Gasteiger partial charge is 0.240 e. The zero-order valence-corrected chi connectivity index (χ0v) is 14.7. The fourth-order valence-corrected chi connectivity index (χ4v) is 3.39. The lowest BCUT2D eigenvalue weighted by molar-refractivity contribution is 0.568. The van der Waals surface area contributed by atoms with E-state index in [1.165, 1.54) is 6.07 Å². The Bertz CT molecular complexity index is 1020. The number of nitrogens with zero attached hydrogens (tertiary/aromatic N) is 1. The minimum Gasteiger partial charge on any atom is -0.256 e. The van der Waals surface area contributed by atoms with Gasteiger partial charge < -0.3 is 0 Å². The Morgan fingerprint density at radius 3 is 2.46 bits per heavy atom. The van der Waals surface area contributed by atoms with E-state index >= 15 is 0 Å². The molecule has 122 valence electrons. The van der Waals surface area contributed by atoms with Crippen LogP contribution in [0.4, 0.5) is 4.39 Å². The summed E-state index contributed by atoms with van der Waals surface area (Å²) in [4.78, 5) is 3.79. The molecule has 0 radical (unpaired) electrons. The lowest BCUT2D eigenvalue weighted by atomic mass is 9.99. The van der Waals surface area contributed by atoms with Gasteiger partial charge in [0.05, 0.1) is 5.69 Å². The zero-order chi connectivity index (χ0) is 17.3. The summed E-state index contributed by atoms with van der Waals surface area (Å²) in [5, 5.41) is 5.00. The lowest BCUT2D eigenvalue weighted by Crippen LogP contribution is -2.14. The van der Waals surface area contributed by atoms with E-state index in [4.69, 9.17) is 5.14 Å². The van der Waals surface area contributed by atoms with Gasteiger partial charge in [-0.25, -0.2) is 17.9 Å². The van der Waals surface area contributed by atoms with E-state index in [-0.39, 0.29) is 0 Å². The first-order valence-corrected chi connectivity index (χ1v) is 9.24. The van der Waals surface area contributed by atoms with Gasteiger partial charge in [-0.2, -0.15) is 0 Å². The van der Waals surface area contributed by atoms with Crippen LogP contribution < -0.4 is 5.14 Å². The van der Waals surface area contributed by atoms with Crippen molar-refractivity contribution in [3.05, 3.63) is 71.1 Å². The van der Waals surface area contributed by atoms with Crippen LogP contribution in [0.2, 0.25) is 0 Å². The molecule has 0 unspecified atom stereocenters. The number of hydrogen-bond acceptors (Lipinski definition) is 3. The average Bonchev–Trinajstić information content (AvgIpc) is 2.53. The van der Waals surface area contributed by atoms with Gasteiger partial charge in [-0.3, -0.25) is 4.98 Å². The lowest BCUT2D eigenvalue weighted by Gasteiger charge is -2.10. The second-order valence-corrected chi connectivity index (χ2v) is 7.55. The Balaban J connectivity index is 2.16. The average molecular weight is 407 g/mol. The molecule has 0 atom stereocenters. The predicted octanol–water partition coefficient (Wildman–Crippen LogP) is 3.96. The Morgan fingerprint density at radius 1 is 1.00 bits per heavy atom. The van der Waals surface area contributed by atoms with Crippen LogP contribution in [0.25, 0.3) is 22.4 Å². The van der Waals surface area contributed by atoms with Crippen molar-refractivity contribution in [3.8, 4) is 22.4 Å². The molecule has 0 amide bonds. The number of benzene rings is 2. The topological polar surface area (TPSA) is 73.1 Å². The van der Waals surface area contributed by atoms with Crippen LogP contribution in [0.5, 0.6) is 0 Å². The summed E-state index contributed by atoms with van der Waals surface area (Å²) >= 11 is 3.42. The molecule has 0 saturated carbocycles. The Labute approximate surface area is 147 Å². The summed E-state index contributed by atoms with van der Waals surface area (Å²) in [5.74, 6) is -0.902. The summed E-state index contributed by atoms with van der Waals surface area (Å²) in [6.45, 7) is 0. The van der Waals surface area contributed by atoms with Gasteiger partial charge >= 0.3 is 0 Å². The second-order valence-electron chi connectivity index (χ2n) is 5.10. The van der Waals surface area contributed by atoms with Gasteiger partial charge in [-0.1, -0.05) is 40.2 Å². The molecule has 1 heterocycles. The highest BCUT2D eigenvalue weighted by molar-refractivity contribution is 9.10. The van der Waals surface area contributed by atoms with Crippen LogP contribution >= 0.6 is 15.9 Å². The molecule has 2 aromatic carbocycles. The maximum absolute atomic E-state index is 14.1. The van der Waals surface area contributed by atoms with Crippen molar-refractivity contribution in [2.45, 2.75) is 4.90 Å². The van der Waals surface area contributed by atoms with E-state index in [1.807, 2.05) is 30.3 Å². The normalized spacial score (nSPS) is 11.5. The van der Waals surface area contributed by atoms with Crippen molar-refractivity contribution in [1.29, 1.82) is 0 Å². The van der Waals surface area contributed by atoms with Crippen molar-refractivity contribution < 1.29 is 12.8 Å². The number of rotatable bonds is 3. The summed E-state index contributed by atoms with van der Waals surface area (Å²) in [7, 11) is -4.10. The molecule has 0 aliphatic rings. The molecule has 0 bridgehead atoms. The minimum absolute atomic E-state index is 0.468. The first-order chi connectivity index (χ1) is 11.4. The van der Waals surface area contributed by atoms with Crippen LogP contribution in [0, 0.1) is 5.82 Å². The SMILES string of the molecule is NS(=O)(=O)c1ccc(-c2ncccc2-c2cccc(Br)c2)cc1F. The van der Waals surface area contributed by atoms with Crippen LogP contribution in [-0.2, 0) is 10.0 Å². The fraction of sp³-hybridized carbons (Fsp3) is 0. The zero-order valence-electron chi connectivity index (χ0n) is 12.3. The molecule has 0 spiro atoms. The third-order valence-electron chi connectivity index (χ3n) is 3.46. The van der Waals surface area contributed by atoms with Gasteiger partial charge in [0.1, 0.15) is 10.7 Å². The largest absolute Gasteiger partial charge is 0.256 e. The maximum atomic E-state index is 14.1. The number of sulfonamides is 1. The number of nitrogens with two attached hydrogens (primary N) is 1. The third kappa shape index (κ3) is 3.38. The Kier molecular flexibility index (Phi) is 4.49. The van der Waals surface area contributed by atoms with Gasteiger partial charge in [-0.05, 0) is 35.9 Å². The predicted molar refractivity (Wildman–Crippen MR) is 94.1 cm³/mol. The van der Waals surface area contributed by atoms with Crippen LogP contribution in [0.15, 0.2) is 70.2 Å². The van der Waals surface area contributed by atoms with Gasteiger partial charge in [0, 0.05) is 21.8 Å². The Morgan fingerprint density at radius 2 is 1.79 bits per heavy atom. The van der Waals surface area contributed by atoms with E-state index in [0.717, 1.165) is 27.7 Å².